The van der Waals surface area contributed by atoms with Gasteiger partial charge in [0, 0.05) is 0 Å². The summed E-state index contributed by atoms with van der Waals surface area (Å²) in [5.74, 6) is -0.989. The van der Waals surface area contributed by atoms with Crippen molar-refractivity contribution >= 4 is 11.9 Å². The first-order valence-electron chi connectivity index (χ1n) is 8.49. The summed E-state index contributed by atoms with van der Waals surface area (Å²) in [5, 5.41) is 0. The van der Waals surface area contributed by atoms with Gasteiger partial charge in [-0.3, -0.25) is 9.59 Å². The highest BCUT2D eigenvalue weighted by Crippen LogP contribution is 2.33. The van der Waals surface area contributed by atoms with Gasteiger partial charge in [0.1, 0.15) is 0 Å². The van der Waals surface area contributed by atoms with Crippen molar-refractivity contribution in [3.63, 3.8) is 0 Å². The highest BCUT2D eigenvalue weighted by atomic mass is 16.6. The normalized spacial score (nSPS) is 11.4. The van der Waals surface area contributed by atoms with Crippen LogP contribution in [0.15, 0.2) is 30.3 Å². The SMILES string of the molecule is CCOC(=O)C(CCCN(C)C)(Cc1ccccc1)C(=O)OCC. The second kappa shape index (κ2) is 10.1. The average Bonchev–Trinajstić information content (AvgIpc) is 2.55. The smallest absolute Gasteiger partial charge is 0.323 e. The van der Waals surface area contributed by atoms with E-state index in [1.54, 1.807) is 13.8 Å². The van der Waals surface area contributed by atoms with Gasteiger partial charge in [-0.05, 0) is 59.3 Å². The van der Waals surface area contributed by atoms with E-state index in [1.807, 2.05) is 49.3 Å². The molecule has 0 aliphatic rings. The summed E-state index contributed by atoms with van der Waals surface area (Å²) in [7, 11) is 3.93. The van der Waals surface area contributed by atoms with Gasteiger partial charge in [-0.1, -0.05) is 30.3 Å². The van der Waals surface area contributed by atoms with Crippen LogP contribution in [0.2, 0.25) is 0 Å². The van der Waals surface area contributed by atoms with Crippen LogP contribution in [0.25, 0.3) is 0 Å². The first-order chi connectivity index (χ1) is 11.5. The van der Waals surface area contributed by atoms with E-state index in [0.29, 0.717) is 19.3 Å². The van der Waals surface area contributed by atoms with Crippen molar-refractivity contribution in [2.24, 2.45) is 5.41 Å². The molecule has 1 aromatic rings. The lowest BCUT2D eigenvalue weighted by Crippen LogP contribution is -2.44. The van der Waals surface area contributed by atoms with E-state index < -0.39 is 17.4 Å². The number of hydrogen-bond donors (Lipinski definition) is 0. The van der Waals surface area contributed by atoms with Gasteiger partial charge in [-0.25, -0.2) is 0 Å². The zero-order chi connectivity index (χ0) is 18.0. The lowest BCUT2D eigenvalue weighted by atomic mass is 9.77. The fourth-order valence-electron chi connectivity index (χ4n) is 2.70. The molecule has 0 heterocycles. The van der Waals surface area contributed by atoms with Crippen LogP contribution < -0.4 is 0 Å². The summed E-state index contributed by atoms with van der Waals surface area (Å²) in [6.45, 7) is 4.76. The van der Waals surface area contributed by atoms with E-state index >= 15 is 0 Å². The maximum absolute atomic E-state index is 12.7. The third kappa shape index (κ3) is 5.64. The van der Waals surface area contributed by atoms with Crippen molar-refractivity contribution in [2.75, 3.05) is 33.9 Å². The van der Waals surface area contributed by atoms with Crippen LogP contribution >= 0.6 is 0 Å². The minimum absolute atomic E-state index is 0.239. The van der Waals surface area contributed by atoms with Crippen LogP contribution in [0.4, 0.5) is 0 Å². The predicted octanol–water partition coefficient (Wildman–Crippen LogP) is 2.68. The lowest BCUT2D eigenvalue weighted by Gasteiger charge is -2.29. The second-order valence-electron chi connectivity index (χ2n) is 6.09. The van der Waals surface area contributed by atoms with Crippen LogP contribution in [-0.4, -0.2) is 50.7 Å². The quantitative estimate of drug-likeness (QED) is 0.486. The number of carbonyl (C=O) groups is 2. The topological polar surface area (TPSA) is 55.8 Å². The van der Waals surface area contributed by atoms with Crippen molar-refractivity contribution in [1.29, 1.82) is 0 Å². The van der Waals surface area contributed by atoms with Gasteiger partial charge in [-0.2, -0.15) is 0 Å². The Kier molecular flexibility index (Phi) is 8.47. The minimum Gasteiger partial charge on any atom is -0.465 e. The van der Waals surface area contributed by atoms with Gasteiger partial charge in [0.15, 0.2) is 5.41 Å². The van der Waals surface area contributed by atoms with Crippen molar-refractivity contribution in [1.82, 2.24) is 4.90 Å². The van der Waals surface area contributed by atoms with Crippen molar-refractivity contribution in [3.8, 4) is 0 Å². The number of rotatable bonds is 10. The summed E-state index contributed by atoms with van der Waals surface area (Å²) in [5.41, 5.74) is -0.368. The molecule has 0 spiro atoms. The summed E-state index contributed by atoms with van der Waals surface area (Å²) in [6, 6.07) is 9.54. The monoisotopic (exact) mass is 335 g/mol. The zero-order valence-corrected chi connectivity index (χ0v) is 15.2. The Morgan fingerprint density at radius 2 is 1.54 bits per heavy atom. The Balaban J connectivity index is 3.14. The lowest BCUT2D eigenvalue weighted by molar-refractivity contribution is -0.173. The van der Waals surface area contributed by atoms with Crippen LogP contribution in [0, 0.1) is 5.41 Å². The maximum Gasteiger partial charge on any atom is 0.323 e. The third-order valence-electron chi connectivity index (χ3n) is 3.89. The highest BCUT2D eigenvalue weighted by Gasteiger charge is 2.48. The molecule has 1 aromatic carbocycles. The largest absolute Gasteiger partial charge is 0.465 e. The molecular weight excluding hydrogens is 306 g/mol. The van der Waals surface area contributed by atoms with Crippen molar-refractivity contribution < 1.29 is 19.1 Å². The molecular formula is C19H29NO4. The molecule has 0 aromatic heterocycles. The van der Waals surface area contributed by atoms with Gasteiger partial charge in [0.05, 0.1) is 13.2 Å². The average molecular weight is 335 g/mol. The Hall–Kier alpha value is -1.88. The number of nitrogens with zero attached hydrogens (tertiary/aromatic N) is 1. The molecule has 0 aliphatic carbocycles. The van der Waals surface area contributed by atoms with Crippen LogP contribution in [-0.2, 0) is 25.5 Å². The molecule has 0 atom stereocenters. The Morgan fingerprint density at radius 1 is 1.00 bits per heavy atom. The van der Waals surface area contributed by atoms with Crippen LogP contribution in [0.1, 0.15) is 32.3 Å². The van der Waals surface area contributed by atoms with Crippen molar-refractivity contribution in [2.45, 2.75) is 33.1 Å². The molecule has 0 saturated heterocycles. The summed E-state index contributed by atoms with van der Waals surface area (Å²) in [6.07, 6.45) is 1.40. The molecule has 0 unspecified atom stereocenters. The maximum atomic E-state index is 12.7. The number of ether oxygens (including phenoxy) is 2. The van der Waals surface area contributed by atoms with Crippen LogP contribution in [0.5, 0.6) is 0 Å². The molecule has 24 heavy (non-hydrogen) atoms. The molecule has 0 saturated carbocycles. The van der Waals surface area contributed by atoms with Gasteiger partial charge < -0.3 is 14.4 Å². The Morgan fingerprint density at radius 3 is 2.00 bits per heavy atom. The zero-order valence-electron chi connectivity index (χ0n) is 15.2. The molecule has 0 N–H and O–H groups in total. The number of carbonyl (C=O) groups excluding carboxylic acids is 2. The highest BCUT2D eigenvalue weighted by molar-refractivity contribution is 6.00. The number of benzene rings is 1. The second-order valence-corrected chi connectivity index (χ2v) is 6.09. The van der Waals surface area contributed by atoms with Crippen molar-refractivity contribution in [3.05, 3.63) is 35.9 Å². The summed E-state index contributed by atoms with van der Waals surface area (Å²) in [4.78, 5) is 27.5. The Bertz CT molecular complexity index is 495. The minimum atomic E-state index is -1.29. The Labute approximate surface area is 144 Å². The number of hydrogen-bond acceptors (Lipinski definition) is 5. The molecule has 0 amide bonds. The van der Waals surface area contributed by atoms with Crippen LogP contribution in [0.3, 0.4) is 0 Å². The molecule has 0 bridgehead atoms. The first kappa shape index (κ1) is 20.2. The van der Waals surface area contributed by atoms with Gasteiger partial charge in [0.25, 0.3) is 0 Å². The molecule has 5 heteroatoms. The van der Waals surface area contributed by atoms with Gasteiger partial charge in [-0.15, -0.1) is 0 Å². The third-order valence-corrected chi connectivity index (χ3v) is 3.89. The molecule has 1 rings (SSSR count). The van der Waals surface area contributed by atoms with E-state index in [-0.39, 0.29) is 13.2 Å². The van der Waals surface area contributed by atoms with E-state index in [9.17, 15) is 9.59 Å². The predicted molar refractivity (Wildman–Crippen MR) is 93.6 cm³/mol. The molecule has 0 fully saturated rings. The van der Waals surface area contributed by atoms with E-state index in [4.69, 9.17) is 9.47 Å². The van der Waals surface area contributed by atoms with E-state index in [1.165, 1.54) is 0 Å². The standard InChI is InChI=1S/C19H29NO4/c1-5-23-17(21)19(18(22)24-6-2,13-10-14-20(3)4)15-16-11-8-7-9-12-16/h7-9,11-12H,5-6,10,13-15H2,1-4H3. The summed E-state index contributed by atoms with van der Waals surface area (Å²) < 4.78 is 10.5. The fraction of sp³-hybridized carbons (Fsp3) is 0.579. The molecule has 134 valence electrons. The molecule has 0 radical (unpaired) electrons. The summed E-state index contributed by atoms with van der Waals surface area (Å²) >= 11 is 0. The molecule has 5 nitrogen and oxygen atoms in total. The van der Waals surface area contributed by atoms with Gasteiger partial charge in [0.2, 0.25) is 0 Å². The van der Waals surface area contributed by atoms with E-state index in [0.717, 1.165) is 12.1 Å². The number of esters is 2. The first-order valence-corrected chi connectivity index (χ1v) is 8.49. The fourth-order valence-corrected chi connectivity index (χ4v) is 2.70. The van der Waals surface area contributed by atoms with Gasteiger partial charge >= 0.3 is 11.9 Å². The van der Waals surface area contributed by atoms with E-state index in [2.05, 4.69) is 0 Å². The molecule has 0 aliphatic heterocycles.